The Morgan fingerprint density at radius 1 is 1.09 bits per heavy atom. The van der Waals surface area contributed by atoms with E-state index in [0.29, 0.717) is 27.2 Å². The summed E-state index contributed by atoms with van der Waals surface area (Å²) in [5.74, 6) is 0.180. The average Bonchev–Trinajstić information content (AvgIpc) is 3.36. The fourth-order valence-corrected chi connectivity index (χ4v) is 3.99. The van der Waals surface area contributed by atoms with Gasteiger partial charge in [0.25, 0.3) is 5.91 Å². The van der Waals surface area contributed by atoms with Crippen molar-refractivity contribution in [2.75, 3.05) is 5.32 Å². The molecule has 0 aliphatic heterocycles. The highest BCUT2D eigenvalue weighted by molar-refractivity contribution is 7.10. The zero-order valence-electron chi connectivity index (χ0n) is 18.5. The number of carbonyl (C=O) groups is 1. The van der Waals surface area contributed by atoms with E-state index in [-0.39, 0.29) is 11.3 Å². The largest absolute Gasteiger partial charge is 0.297 e. The highest BCUT2D eigenvalue weighted by Gasteiger charge is 2.19. The van der Waals surface area contributed by atoms with E-state index in [2.05, 4.69) is 45.8 Å². The molecule has 1 amide bonds. The van der Waals surface area contributed by atoms with Crippen molar-refractivity contribution in [1.29, 1.82) is 0 Å². The smallest absolute Gasteiger partial charge is 0.257 e. The second-order valence-electron chi connectivity index (χ2n) is 8.52. The number of anilines is 1. The van der Waals surface area contributed by atoms with E-state index < -0.39 is 0 Å². The highest BCUT2D eigenvalue weighted by atomic mass is 35.5. The monoisotopic (exact) mass is 466 g/mol. The van der Waals surface area contributed by atoms with Crippen molar-refractivity contribution in [2.45, 2.75) is 40.0 Å². The van der Waals surface area contributed by atoms with Gasteiger partial charge in [0.05, 0.1) is 11.4 Å². The number of carbonyl (C=O) groups excluding carboxylic acids is 1. The molecule has 9 heteroatoms. The Labute approximate surface area is 195 Å². The number of benzene rings is 2. The van der Waals surface area contributed by atoms with E-state index >= 15 is 0 Å². The SMILES string of the molecule is Cc1c(Cl)cccc1-n1nnc(-c2nsc(NC(=O)c3ccc(C(C)(C)C)cc3)n2)c1C. The summed E-state index contributed by atoms with van der Waals surface area (Å²) in [5.41, 5.74) is 4.84. The molecule has 164 valence electrons. The van der Waals surface area contributed by atoms with Crippen LogP contribution in [0.2, 0.25) is 5.02 Å². The lowest BCUT2D eigenvalue weighted by Crippen LogP contribution is -2.14. The minimum atomic E-state index is -0.233. The van der Waals surface area contributed by atoms with Crippen LogP contribution in [0.15, 0.2) is 42.5 Å². The highest BCUT2D eigenvalue weighted by Crippen LogP contribution is 2.27. The van der Waals surface area contributed by atoms with E-state index in [1.54, 1.807) is 4.68 Å². The number of amides is 1. The van der Waals surface area contributed by atoms with Crippen LogP contribution in [-0.2, 0) is 5.41 Å². The number of nitrogens with one attached hydrogen (secondary N) is 1. The van der Waals surface area contributed by atoms with Crippen molar-refractivity contribution in [1.82, 2.24) is 24.4 Å². The molecule has 2 aromatic carbocycles. The van der Waals surface area contributed by atoms with Gasteiger partial charge in [-0.3, -0.25) is 10.1 Å². The van der Waals surface area contributed by atoms with Gasteiger partial charge in [0.15, 0.2) is 11.5 Å². The number of hydrogen-bond acceptors (Lipinski definition) is 6. The van der Waals surface area contributed by atoms with Crippen LogP contribution in [0.25, 0.3) is 17.2 Å². The molecule has 1 N–H and O–H groups in total. The Balaban J connectivity index is 1.54. The van der Waals surface area contributed by atoms with Crippen molar-refractivity contribution in [2.24, 2.45) is 0 Å². The third-order valence-electron chi connectivity index (χ3n) is 5.23. The Morgan fingerprint density at radius 2 is 1.81 bits per heavy atom. The van der Waals surface area contributed by atoms with Crippen molar-refractivity contribution in [3.63, 3.8) is 0 Å². The van der Waals surface area contributed by atoms with Crippen LogP contribution in [0, 0.1) is 13.8 Å². The van der Waals surface area contributed by atoms with Crippen molar-refractivity contribution < 1.29 is 4.79 Å². The predicted molar refractivity (Wildman–Crippen MR) is 128 cm³/mol. The molecule has 0 atom stereocenters. The Morgan fingerprint density at radius 3 is 2.50 bits per heavy atom. The summed E-state index contributed by atoms with van der Waals surface area (Å²) in [4.78, 5) is 17.1. The minimum Gasteiger partial charge on any atom is -0.297 e. The zero-order valence-corrected chi connectivity index (χ0v) is 20.0. The molecule has 0 aliphatic carbocycles. The van der Waals surface area contributed by atoms with Crippen LogP contribution in [0.1, 0.15) is 48.0 Å². The first-order valence-electron chi connectivity index (χ1n) is 10.1. The summed E-state index contributed by atoms with van der Waals surface area (Å²) in [5, 5.41) is 12.4. The quantitative estimate of drug-likeness (QED) is 0.422. The van der Waals surface area contributed by atoms with Gasteiger partial charge in [0.1, 0.15) is 0 Å². The van der Waals surface area contributed by atoms with Gasteiger partial charge in [-0.2, -0.15) is 9.36 Å². The molecule has 0 saturated heterocycles. The number of nitrogens with zero attached hydrogens (tertiary/aromatic N) is 5. The fraction of sp³-hybridized carbons (Fsp3) is 0.261. The number of halogens is 1. The maximum absolute atomic E-state index is 12.6. The van der Waals surface area contributed by atoms with E-state index in [0.717, 1.165) is 28.5 Å². The van der Waals surface area contributed by atoms with Crippen molar-refractivity contribution in [3.05, 3.63) is 69.9 Å². The molecular formula is C23H23ClN6OS. The average molecular weight is 467 g/mol. The fourth-order valence-electron chi connectivity index (χ4n) is 3.25. The summed E-state index contributed by atoms with van der Waals surface area (Å²) in [6, 6.07) is 13.2. The summed E-state index contributed by atoms with van der Waals surface area (Å²) < 4.78 is 6.08. The first-order valence-corrected chi connectivity index (χ1v) is 11.2. The summed E-state index contributed by atoms with van der Waals surface area (Å²) in [6.45, 7) is 10.2. The summed E-state index contributed by atoms with van der Waals surface area (Å²) >= 11 is 7.35. The molecule has 4 rings (SSSR count). The van der Waals surface area contributed by atoms with Gasteiger partial charge in [-0.25, -0.2) is 4.68 Å². The van der Waals surface area contributed by atoms with Gasteiger partial charge in [0, 0.05) is 22.1 Å². The zero-order chi connectivity index (χ0) is 23.0. The van der Waals surface area contributed by atoms with Gasteiger partial charge in [-0.15, -0.1) is 5.10 Å². The maximum Gasteiger partial charge on any atom is 0.257 e. The van der Waals surface area contributed by atoms with Crippen molar-refractivity contribution in [3.8, 4) is 17.2 Å². The molecule has 7 nitrogen and oxygen atoms in total. The molecule has 0 aliphatic rings. The van der Waals surface area contributed by atoms with Crippen molar-refractivity contribution >= 4 is 34.2 Å². The number of aromatic nitrogens is 5. The Kier molecular flexibility index (Phi) is 5.83. The standard InChI is InChI=1S/C23H23ClN6OS/c1-13-17(24)7-6-8-18(13)30-14(2)19(27-29-30)20-25-22(32-28-20)26-21(31)15-9-11-16(12-10-15)23(3,4)5/h6-12H,1-5H3,(H,25,26,28,31). The molecular weight excluding hydrogens is 444 g/mol. The molecule has 2 heterocycles. The lowest BCUT2D eigenvalue weighted by atomic mass is 9.87. The van der Waals surface area contributed by atoms with Crippen LogP contribution in [-0.4, -0.2) is 30.3 Å². The van der Waals surface area contributed by atoms with Gasteiger partial charge < -0.3 is 0 Å². The van der Waals surface area contributed by atoms with Crippen LogP contribution in [0.4, 0.5) is 5.13 Å². The molecule has 2 aromatic heterocycles. The lowest BCUT2D eigenvalue weighted by molar-refractivity contribution is 0.102. The Hall–Kier alpha value is -3.10. The van der Waals surface area contributed by atoms with E-state index in [1.165, 1.54) is 5.56 Å². The molecule has 0 saturated carbocycles. The second-order valence-corrected chi connectivity index (χ2v) is 9.68. The van der Waals surface area contributed by atoms with Gasteiger partial charge in [-0.1, -0.05) is 55.8 Å². The molecule has 0 radical (unpaired) electrons. The van der Waals surface area contributed by atoms with Crippen LogP contribution >= 0.6 is 23.1 Å². The Bertz CT molecular complexity index is 1290. The van der Waals surface area contributed by atoms with E-state index in [1.807, 2.05) is 56.3 Å². The van der Waals surface area contributed by atoms with Gasteiger partial charge in [-0.05, 0) is 54.7 Å². The number of rotatable bonds is 4. The molecule has 0 spiro atoms. The molecule has 0 unspecified atom stereocenters. The topological polar surface area (TPSA) is 85.6 Å². The molecule has 32 heavy (non-hydrogen) atoms. The second kappa shape index (κ2) is 8.44. The summed E-state index contributed by atoms with van der Waals surface area (Å²) in [7, 11) is 0. The van der Waals surface area contributed by atoms with Gasteiger partial charge in [0.2, 0.25) is 5.13 Å². The van der Waals surface area contributed by atoms with E-state index in [9.17, 15) is 4.79 Å². The summed E-state index contributed by atoms with van der Waals surface area (Å²) in [6.07, 6.45) is 0. The third kappa shape index (κ3) is 4.28. The first kappa shape index (κ1) is 22.1. The van der Waals surface area contributed by atoms with Gasteiger partial charge >= 0.3 is 0 Å². The minimum absolute atomic E-state index is 0.0298. The van der Waals surface area contributed by atoms with E-state index in [4.69, 9.17) is 11.6 Å². The van der Waals surface area contributed by atoms with Crippen LogP contribution in [0.5, 0.6) is 0 Å². The molecule has 0 bridgehead atoms. The lowest BCUT2D eigenvalue weighted by Gasteiger charge is -2.18. The predicted octanol–water partition coefficient (Wildman–Crippen LogP) is 5.61. The molecule has 0 fully saturated rings. The normalized spacial score (nSPS) is 11.6. The first-order chi connectivity index (χ1) is 15.1. The van der Waals surface area contributed by atoms with Crippen LogP contribution in [0.3, 0.4) is 0 Å². The number of hydrogen-bond donors (Lipinski definition) is 1. The molecule has 4 aromatic rings. The van der Waals surface area contributed by atoms with Crippen LogP contribution < -0.4 is 5.32 Å². The maximum atomic E-state index is 12.6. The third-order valence-corrected chi connectivity index (χ3v) is 6.27.